The van der Waals surface area contributed by atoms with E-state index in [4.69, 9.17) is 4.74 Å². The number of carboxylic acids is 1. The molecule has 0 aromatic heterocycles. The third-order valence-corrected chi connectivity index (χ3v) is 4.99. The molecule has 8 nitrogen and oxygen atoms in total. The number of hydrogen-bond acceptors (Lipinski definition) is 4. The first-order valence-electron chi connectivity index (χ1n) is 9.11. The third-order valence-electron chi connectivity index (χ3n) is 4.99. The summed E-state index contributed by atoms with van der Waals surface area (Å²) in [6.07, 6.45) is -1.16. The minimum Gasteiger partial charge on any atom is -0.497 e. The van der Waals surface area contributed by atoms with Crippen LogP contribution in [0.5, 0.6) is 5.75 Å². The van der Waals surface area contributed by atoms with E-state index >= 15 is 0 Å². The SMILES string of the molecule is COc1ccc(CC(NC(=O)CC2c3ccccc3CN2C(=O)O)C(=O)O)cc1. The predicted octanol–water partition coefficient (Wildman–Crippen LogP) is 2.43. The van der Waals surface area contributed by atoms with Crippen LogP contribution in [0, 0.1) is 0 Å². The molecular weight excluding hydrogens is 376 g/mol. The number of hydrogen-bond donors (Lipinski definition) is 3. The Hall–Kier alpha value is -3.55. The first-order valence-corrected chi connectivity index (χ1v) is 9.11. The van der Waals surface area contributed by atoms with Crippen LogP contribution in [0.2, 0.25) is 0 Å². The number of rotatable bonds is 7. The lowest BCUT2D eigenvalue weighted by molar-refractivity contribution is -0.142. The Labute approximate surface area is 167 Å². The van der Waals surface area contributed by atoms with Crippen molar-refractivity contribution in [3.63, 3.8) is 0 Å². The molecule has 0 saturated carbocycles. The number of benzene rings is 2. The van der Waals surface area contributed by atoms with E-state index in [0.717, 1.165) is 16.7 Å². The van der Waals surface area contributed by atoms with Crippen LogP contribution in [0.25, 0.3) is 0 Å². The standard InChI is InChI=1S/C21H22N2O6/c1-29-15-8-6-13(7-9-15)10-17(20(25)26)22-19(24)11-18-16-5-3-2-4-14(16)12-23(18)21(27)28/h2-9,17-18H,10-12H2,1H3,(H,22,24)(H,25,26)(H,27,28). The number of ether oxygens (including phenoxy) is 1. The molecule has 1 heterocycles. The van der Waals surface area contributed by atoms with E-state index in [9.17, 15) is 24.6 Å². The highest BCUT2D eigenvalue weighted by Gasteiger charge is 2.35. The van der Waals surface area contributed by atoms with E-state index in [2.05, 4.69) is 5.32 Å². The van der Waals surface area contributed by atoms with Crippen molar-refractivity contribution in [1.82, 2.24) is 10.2 Å². The molecule has 3 rings (SSSR count). The van der Waals surface area contributed by atoms with E-state index < -0.39 is 30.1 Å². The molecule has 3 N–H and O–H groups in total. The highest BCUT2D eigenvalue weighted by atomic mass is 16.5. The molecule has 2 aromatic rings. The molecule has 2 aromatic carbocycles. The third kappa shape index (κ3) is 4.66. The number of nitrogens with zero attached hydrogens (tertiary/aromatic N) is 1. The predicted molar refractivity (Wildman–Crippen MR) is 104 cm³/mol. The first-order chi connectivity index (χ1) is 13.9. The highest BCUT2D eigenvalue weighted by Crippen LogP contribution is 2.35. The van der Waals surface area contributed by atoms with Crippen molar-refractivity contribution in [1.29, 1.82) is 0 Å². The quantitative estimate of drug-likeness (QED) is 0.660. The number of methoxy groups -OCH3 is 1. The van der Waals surface area contributed by atoms with Crippen LogP contribution in [0.15, 0.2) is 48.5 Å². The Morgan fingerprint density at radius 1 is 1.14 bits per heavy atom. The van der Waals surface area contributed by atoms with Crippen molar-refractivity contribution in [2.24, 2.45) is 0 Å². The molecule has 2 atom stereocenters. The molecule has 0 radical (unpaired) electrons. The summed E-state index contributed by atoms with van der Waals surface area (Å²) in [5, 5.41) is 21.5. The molecule has 0 fully saturated rings. The minimum absolute atomic E-state index is 0.106. The Balaban J connectivity index is 1.69. The molecule has 152 valence electrons. The van der Waals surface area contributed by atoms with Crippen LogP contribution in [0.3, 0.4) is 0 Å². The number of amides is 2. The van der Waals surface area contributed by atoms with Crippen molar-refractivity contribution < 1.29 is 29.3 Å². The number of fused-ring (bicyclic) bond motifs is 1. The number of carbonyl (C=O) groups excluding carboxylic acids is 1. The summed E-state index contributed by atoms with van der Waals surface area (Å²) in [5.74, 6) is -1.02. The summed E-state index contributed by atoms with van der Waals surface area (Å²) in [7, 11) is 1.54. The summed E-state index contributed by atoms with van der Waals surface area (Å²) < 4.78 is 5.08. The zero-order valence-corrected chi connectivity index (χ0v) is 15.9. The average Bonchev–Trinajstić information content (AvgIpc) is 3.07. The van der Waals surface area contributed by atoms with E-state index in [1.807, 2.05) is 12.1 Å². The number of aliphatic carboxylic acids is 1. The molecule has 0 spiro atoms. The number of carbonyl (C=O) groups is 3. The highest BCUT2D eigenvalue weighted by molar-refractivity contribution is 5.84. The van der Waals surface area contributed by atoms with Gasteiger partial charge in [0.15, 0.2) is 0 Å². The fraction of sp³-hybridized carbons (Fsp3) is 0.286. The van der Waals surface area contributed by atoms with Gasteiger partial charge in [-0.15, -0.1) is 0 Å². The maximum atomic E-state index is 12.6. The molecule has 0 aliphatic carbocycles. The Morgan fingerprint density at radius 2 is 1.83 bits per heavy atom. The van der Waals surface area contributed by atoms with E-state index in [0.29, 0.717) is 5.75 Å². The fourth-order valence-corrected chi connectivity index (χ4v) is 3.51. The summed E-state index contributed by atoms with van der Waals surface area (Å²) in [4.78, 5) is 37.0. The molecule has 2 amide bonds. The fourth-order valence-electron chi connectivity index (χ4n) is 3.51. The van der Waals surface area contributed by atoms with Crippen LogP contribution >= 0.6 is 0 Å². The Kier molecular flexibility index (Phi) is 6.01. The largest absolute Gasteiger partial charge is 0.497 e. The minimum atomic E-state index is -1.16. The maximum Gasteiger partial charge on any atom is 0.408 e. The average molecular weight is 398 g/mol. The Morgan fingerprint density at radius 3 is 2.45 bits per heavy atom. The van der Waals surface area contributed by atoms with Gasteiger partial charge >= 0.3 is 12.1 Å². The first kappa shape index (κ1) is 20.2. The van der Waals surface area contributed by atoms with Gasteiger partial charge in [-0.1, -0.05) is 36.4 Å². The van der Waals surface area contributed by atoms with Crippen LogP contribution in [0.1, 0.15) is 29.2 Å². The summed E-state index contributed by atoms with van der Waals surface area (Å²) in [5.41, 5.74) is 2.35. The van der Waals surface area contributed by atoms with Crippen molar-refractivity contribution in [2.75, 3.05) is 7.11 Å². The van der Waals surface area contributed by atoms with Crippen LogP contribution in [-0.2, 0) is 22.6 Å². The summed E-state index contributed by atoms with van der Waals surface area (Å²) >= 11 is 0. The van der Waals surface area contributed by atoms with Crippen molar-refractivity contribution in [3.8, 4) is 5.75 Å². The smallest absolute Gasteiger partial charge is 0.408 e. The van der Waals surface area contributed by atoms with E-state index in [1.165, 1.54) is 12.0 Å². The maximum absolute atomic E-state index is 12.6. The lowest BCUT2D eigenvalue weighted by Crippen LogP contribution is -2.43. The lowest BCUT2D eigenvalue weighted by atomic mass is 10.0. The van der Waals surface area contributed by atoms with Crippen molar-refractivity contribution >= 4 is 18.0 Å². The zero-order valence-electron chi connectivity index (χ0n) is 15.9. The summed E-state index contributed by atoms with van der Waals surface area (Å²) in [6, 6.07) is 12.4. The lowest BCUT2D eigenvalue weighted by Gasteiger charge is -2.23. The van der Waals surface area contributed by atoms with Crippen molar-refractivity contribution in [3.05, 3.63) is 65.2 Å². The van der Waals surface area contributed by atoms with E-state index in [1.54, 1.807) is 36.4 Å². The molecule has 1 aliphatic heterocycles. The number of nitrogens with one attached hydrogen (secondary N) is 1. The van der Waals surface area contributed by atoms with Crippen LogP contribution in [-0.4, -0.2) is 46.2 Å². The normalized spacial score (nSPS) is 16.0. The van der Waals surface area contributed by atoms with Gasteiger partial charge in [0.05, 0.1) is 19.6 Å². The van der Waals surface area contributed by atoms with Gasteiger partial charge in [0.25, 0.3) is 0 Å². The van der Waals surface area contributed by atoms with Crippen LogP contribution < -0.4 is 10.1 Å². The van der Waals surface area contributed by atoms with Gasteiger partial charge in [0, 0.05) is 13.0 Å². The van der Waals surface area contributed by atoms with Gasteiger partial charge in [-0.25, -0.2) is 9.59 Å². The van der Waals surface area contributed by atoms with Gasteiger partial charge in [-0.05, 0) is 28.8 Å². The van der Waals surface area contributed by atoms with Gasteiger partial charge in [0.2, 0.25) is 5.91 Å². The van der Waals surface area contributed by atoms with E-state index in [-0.39, 0.29) is 19.4 Å². The second kappa shape index (κ2) is 8.64. The topological polar surface area (TPSA) is 116 Å². The molecule has 0 bridgehead atoms. The van der Waals surface area contributed by atoms with Crippen LogP contribution in [0.4, 0.5) is 4.79 Å². The zero-order chi connectivity index (χ0) is 21.0. The summed E-state index contributed by atoms with van der Waals surface area (Å²) in [6.45, 7) is 0.206. The molecule has 1 aliphatic rings. The molecule has 8 heteroatoms. The monoisotopic (exact) mass is 398 g/mol. The van der Waals surface area contributed by atoms with Crippen molar-refractivity contribution in [2.45, 2.75) is 31.5 Å². The second-order valence-corrected chi connectivity index (χ2v) is 6.84. The van der Waals surface area contributed by atoms with Gasteiger partial charge in [-0.2, -0.15) is 0 Å². The second-order valence-electron chi connectivity index (χ2n) is 6.84. The Bertz CT molecular complexity index is 912. The molecule has 0 saturated heterocycles. The van der Waals surface area contributed by atoms with Gasteiger partial charge < -0.3 is 20.3 Å². The number of carboxylic acid groups (broad SMARTS) is 2. The molecule has 29 heavy (non-hydrogen) atoms. The van der Waals surface area contributed by atoms with Gasteiger partial charge in [0.1, 0.15) is 11.8 Å². The molecular formula is C21H22N2O6. The van der Waals surface area contributed by atoms with Gasteiger partial charge in [-0.3, -0.25) is 9.69 Å². The molecule has 2 unspecified atom stereocenters.